The Morgan fingerprint density at radius 3 is 2.59 bits per heavy atom. The number of Topliss-reactive ketones (excluding diaryl/α,β-unsaturated/α-hetero) is 1. The summed E-state index contributed by atoms with van der Waals surface area (Å²) in [6.07, 6.45) is 6.36. The van der Waals surface area contributed by atoms with Crippen LogP contribution in [0.15, 0.2) is 28.8 Å². The maximum absolute atomic E-state index is 12.5. The molecule has 22 heavy (non-hydrogen) atoms. The fourth-order valence-electron chi connectivity index (χ4n) is 3.70. The summed E-state index contributed by atoms with van der Waals surface area (Å²) >= 11 is 0. The molecule has 2 aliphatic carbocycles. The van der Waals surface area contributed by atoms with Gasteiger partial charge in [-0.25, -0.2) is 0 Å². The Morgan fingerprint density at radius 2 is 1.95 bits per heavy atom. The number of benzene rings is 1. The first-order chi connectivity index (χ1) is 10.7. The van der Waals surface area contributed by atoms with E-state index >= 15 is 0 Å². The predicted octanol–water partition coefficient (Wildman–Crippen LogP) is 3.38. The first-order valence-electron chi connectivity index (χ1n) is 7.74. The molecule has 1 spiro atoms. The van der Waals surface area contributed by atoms with Gasteiger partial charge in [0.1, 0.15) is 6.29 Å². The van der Waals surface area contributed by atoms with E-state index in [4.69, 9.17) is 4.52 Å². The van der Waals surface area contributed by atoms with Gasteiger partial charge in [0.15, 0.2) is 11.5 Å². The third kappa shape index (κ3) is 2.10. The number of ketones is 1. The van der Waals surface area contributed by atoms with E-state index in [0.29, 0.717) is 29.7 Å². The first kappa shape index (κ1) is 13.4. The Labute approximate surface area is 128 Å². The molecule has 112 valence electrons. The Balaban J connectivity index is 1.61. The van der Waals surface area contributed by atoms with E-state index in [1.54, 1.807) is 12.1 Å². The standard InChI is InChI=1S/C18H17NO3/c20-11-13-4-2-12(3-5-13)8-16-17-14(19-22-16)9-18(6-1-7-18)10-15(17)21/h2-5,11H,1,6-10H2. The number of aromatic nitrogens is 1. The second-order valence-electron chi connectivity index (χ2n) is 6.59. The van der Waals surface area contributed by atoms with Gasteiger partial charge in [0.05, 0.1) is 11.3 Å². The summed E-state index contributed by atoms with van der Waals surface area (Å²) in [6, 6.07) is 7.32. The molecule has 0 atom stereocenters. The molecule has 2 aromatic rings. The second-order valence-corrected chi connectivity index (χ2v) is 6.59. The lowest BCUT2D eigenvalue weighted by atomic mass is 9.60. The topological polar surface area (TPSA) is 60.2 Å². The molecule has 1 heterocycles. The molecular formula is C18H17NO3. The lowest BCUT2D eigenvalue weighted by Crippen LogP contribution is -2.38. The van der Waals surface area contributed by atoms with Gasteiger partial charge < -0.3 is 4.52 Å². The Bertz CT molecular complexity index is 738. The lowest BCUT2D eigenvalue weighted by Gasteiger charge is -2.43. The minimum Gasteiger partial charge on any atom is -0.360 e. The molecular weight excluding hydrogens is 278 g/mol. The van der Waals surface area contributed by atoms with Crippen molar-refractivity contribution in [3.05, 3.63) is 52.4 Å². The molecule has 2 aliphatic rings. The normalized spacial score (nSPS) is 18.8. The summed E-state index contributed by atoms with van der Waals surface area (Å²) in [5.74, 6) is 0.842. The molecule has 0 radical (unpaired) electrons. The molecule has 4 heteroatoms. The molecule has 0 unspecified atom stereocenters. The highest BCUT2D eigenvalue weighted by molar-refractivity contribution is 5.99. The van der Waals surface area contributed by atoms with E-state index in [0.717, 1.165) is 36.8 Å². The molecule has 0 bridgehead atoms. The summed E-state index contributed by atoms with van der Waals surface area (Å²) in [4.78, 5) is 23.2. The van der Waals surface area contributed by atoms with Crippen molar-refractivity contribution >= 4 is 12.1 Å². The van der Waals surface area contributed by atoms with Crippen LogP contribution < -0.4 is 0 Å². The third-order valence-electron chi connectivity index (χ3n) is 5.08. The fourth-order valence-corrected chi connectivity index (χ4v) is 3.70. The summed E-state index contributed by atoms with van der Waals surface area (Å²) in [5.41, 5.74) is 3.38. The molecule has 0 N–H and O–H groups in total. The van der Waals surface area contributed by atoms with Crippen molar-refractivity contribution in [2.45, 2.75) is 38.5 Å². The van der Waals surface area contributed by atoms with Crippen LogP contribution in [-0.2, 0) is 12.8 Å². The quantitative estimate of drug-likeness (QED) is 0.814. The van der Waals surface area contributed by atoms with E-state index in [2.05, 4.69) is 5.16 Å². The SMILES string of the molecule is O=Cc1ccc(Cc2onc3c2C(=O)CC2(CCC2)C3)cc1. The van der Waals surface area contributed by atoms with Crippen LogP contribution in [0.5, 0.6) is 0 Å². The van der Waals surface area contributed by atoms with Gasteiger partial charge in [0.2, 0.25) is 0 Å². The summed E-state index contributed by atoms with van der Waals surface area (Å²) < 4.78 is 5.47. The van der Waals surface area contributed by atoms with Crippen molar-refractivity contribution < 1.29 is 14.1 Å². The number of fused-ring (bicyclic) bond motifs is 1. The highest BCUT2D eigenvalue weighted by Crippen LogP contribution is 2.50. The number of nitrogens with zero attached hydrogens (tertiary/aromatic N) is 1. The van der Waals surface area contributed by atoms with Crippen LogP contribution in [0, 0.1) is 5.41 Å². The Kier molecular flexibility index (Phi) is 2.99. The van der Waals surface area contributed by atoms with E-state index < -0.39 is 0 Å². The highest BCUT2D eigenvalue weighted by atomic mass is 16.5. The van der Waals surface area contributed by atoms with Crippen molar-refractivity contribution in [3.8, 4) is 0 Å². The van der Waals surface area contributed by atoms with E-state index in [1.807, 2.05) is 12.1 Å². The van der Waals surface area contributed by atoms with Crippen LogP contribution in [0.3, 0.4) is 0 Å². The molecule has 0 saturated heterocycles. The van der Waals surface area contributed by atoms with Crippen LogP contribution >= 0.6 is 0 Å². The molecule has 0 aliphatic heterocycles. The van der Waals surface area contributed by atoms with Crippen molar-refractivity contribution in [1.29, 1.82) is 0 Å². The largest absolute Gasteiger partial charge is 0.360 e. The number of hydrogen-bond acceptors (Lipinski definition) is 4. The van der Waals surface area contributed by atoms with Crippen molar-refractivity contribution in [1.82, 2.24) is 5.16 Å². The minimum atomic E-state index is 0.170. The van der Waals surface area contributed by atoms with Crippen molar-refractivity contribution in [2.75, 3.05) is 0 Å². The Hall–Kier alpha value is -2.23. The number of aldehydes is 1. The van der Waals surface area contributed by atoms with Crippen molar-refractivity contribution in [3.63, 3.8) is 0 Å². The zero-order valence-electron chi connectivity index (χ0n) is 12.3. The third-order valence-corrected chi connectivity index (χ3v) is 5.08. The van der Waals surface area contributed by atoms with Gasteiger partial charge in [-0.15, -0.1) is 0 Å². The summed E-state index contributed by atoms with van der Waals surface area (Å²) in [7, 11) is 0. The monoisotopic (exact) mass is 295 g/mol. The summed E-state index contributed by atoms with van der Waals surface area (Å²) in [6.45, 7) is 0. The lowest BCUT2D eigenvalue weighted by molar-refractivity contribution is 0.0706. The summed E-state index contributed by atoms with van der Waals surface area (Å²) in [5, 5.41) is 4.16. The average Bonchev–Trinajstić information content (AvgIpc) is 2.90. The molecule has 4 nitrogen and oxygen atoms in total. The van der Waals surface area contributed by atoms with Gasteiger partial charge >= 0.3 is 0 Å². The molecule has 4 rings (SSSR count). The highest BCUT2D eigenvalue weighted by Gasteiger charge is 2.45. The van der Waals surface area contributed by atoms with Gasteiger partial charge in [-0.3, -0.25) is 9.59 Å². The predicted molar refractivity (Wildman–Crippen MR) is 80.1 cm³/mol. The molecule has 1 aromatic heterocycles. The smallest absolute Gasteiger partial charge is 0.168 e. The maximum Gasteiger partial charge on any atom is 0.168 e. The van der Waals surface area contributed by atoms with Crippen LogP contribution in [0.4, 0.5) is 0 Å². The number of rotatable bonds is 3. The first-order valence-corrected chi connectivity index (χ1v) is 7.74. The van der Waals surface area contributed by atoms with Gasteiger partial charge in [-0.2, -0.15) is 0 Å². The number of carbonyl (C=O) groups excluding carboxylic acids is 2. The van der Waals surface area contributed by atoms with Crippen molar-refractivity contribution in [2.24, 2.45) is 5.41 Å². The fraction of sp³-hybridized carbons (Fsp3) is 0.389. The average molecular weight is 295 g/mol. The van der Waals surface area contributed by atoms with Gasteiger partial charge in [-0.05, 0) is 30.2 Å². The molecule has 0 amide bonds. The van der Waals surface area contributed by atoms with Crippen LogP contribution in [-0.4, -0.2) is 17.2 Å². The molecule has 1 saturated carbocycles. The Morgan fingerprint density at radius 1 is 1.18 bits per heavy atom. The van der Waals surface area contributed by atoms with E-state index in [-0.39, 0.29) is 11.2 Å². The van der Waals surface area contributed by atoms with Gasteiger partial charge in [0, 0.05) is 18.4 Å². The minimum absolute atomic E-state index is 0.170. The van der Waals surface area contributed by atoms with Crippen LogP contribution in [0.25, 0.3) is 0 Å². The molecule has 1 aromatic carbocycles. The van der Waals surface area contributed by atoms with Gasteiger partial charge in [0.25, 0.3) is 0 Å². The van der Waals surface area contributed by atoms with Crippen LogP contribution in [0.1, 0.15) is 63.4 Å². The number of hydrogen-bond donors (Lipinski definition) is 0. The zero-order valence-corrected chi connectivity index (χ0v) is 12.3. The molecule has 1 fully saturated rings. The van der Waals surface area contributed by atoms with Gasteiger partial charge in [-0.1, -0.05) is 35.8 Å². The van der Waals surface area contributed by atoms with Crippen LogP contribution in [0.2, 0.25) is 0 Å². The van der Waals surface area contributed by atoms with E-state index in [1.165, 1.54) is 6.42 Å². The van der Waals surface area contributed by atoms with E-state index in [9.17, 15) is 9.59 Å². The zero-order chi connectivity index (χ0) is 15.2. The number of carbonyl (C=O) groups is 2. The maximum atomic E-state index is 12.5. The second kappa shape index (κ2) is 4.90.